The molecule has 0 spiro atoms. The number of hydrogen-bond donors (Lipinski definition) is 1. The van der Waals surface area contributed by atoms with Gasteiger partial charge in [0.15, 0.2) is 0 Å². The number of hydrogen-bond acceptors (Lipinski definition) is 4. The van der Waals surface area contributed by atoms with Crippen LogP contribution in [0.25, 0.3) is 0 Å². The zero-order valence-corrected chi connectivity index (χ0v) is 14.2. The second-order valence-corrected chi connectivity index (χ2v) is 8.58. The molecule has 0 saturated heterocycles. The van der Waals surface area contributed by atoms with Crippen LogP contribution >= 0.6 is 11.3 Å². The third-order valence-electron chi connectivity index (χ3n) is 3.79. The van der Waals surface area contributed by atoms with Gasteiger partial charge in [-0.1, -0.05) is 30.3 Å². The number of fused-ring (bicyclic) bond motifs is 1. The van der Waals surface area contributed by atoms with Gasteiger partial charge < -0.3 is 0 Å². The molecule has 1 aliphatic rings. The Morgan fingerprint density at radius 2 is 1.95 bits per heavy atom. The highest BCUT2D eigenvalue weighted by atomic mass is 32.2. The van der Waals surface area contributed by atoms with E-state index >= 15 is 0 Å². The Bertz CT molecular complexity index is 715. The van der Waals surface area contributed by atoms with E-state index in [-0.39, 0.29) is 11.8 Å². The normalized spacial score (nSPS) is 16.2. The fourth-order valence-corrected chi connectivity index (χ4v) is 5.31. The molecule has 1 aromatic heterocycles. The number of nitrogens with zero attached hydrogens (tertiary/aromatic N) is 1. The van der Waals surface area contributed by atoms with Gasteiger partial charge in [-0.15, -0.1) is 11.3 Å². The van der Waals surface area contributed by atoms with Crippen LogP contribution in [-0.4, -0.2) is 13.4 Å². The Labute approximate surface area is 135 Å². The monoisotopic (exact) mass is 336 g/mol. The molecule has 1 atom stereocenters. The van der Waals surface area contributed by atoms with Crippen LogP contribution in [0.1, 0.15) is 46.9 Å². The summed E-state index contributed by atoms with van der Waals surface area (Å²) in [4.78, 5) is 5.96. The number of benzene rings is 1. The van der Waals surface area contributed by atoms with Crippen molar-refractivity contribution in [3.63, 3.8) is 0 Å². The van der Waals surface area contributed by atoms with Crippen molar-refractivity contribution in [3.05, 3.63) is 51.5 Å². The molecule has 2 aromatic rings. The van der Waals surface area contributed by atoms with Crippen molar-refractivity contribution in [1.29, 1.82) is 0 Å². The molecule has 1 N–H and O–H groups in total. The van der Waals surface area contributed by atoms with Gasteiger partial charge in [0, 0.05) is 4.88 Å². The largest absolute Gasteiger partial charge is 0.244 e. The van der Waals surface area contributed by atoms with Crippen molar-refractivity contribution >= 4 is 21.4 Å². The molecule has 22 heavy (non-hydrogen) atoms. The molecule has 0 radical (unpaired) electrons. The van der Waals surface area contributed by atoms with Crippen LogP contribution in [-0.2, 0) is 28.6 Å². The van der Waals surface area contributed by atoms with Crippen LogP contribution in [0.5, 0.6) is 0 Å². The summed E-state index contributed by atoms with van der Waals surface area (Å²) in [5.41, 5.74) is 1.96. The Hall–Kier alpha value is -1.24. The zero-order chi connectivity index (χ0) is 15.6. The molecule has 118 valence electrons. The first kappa shape index (κ1) is 15.6. The smallest absolute Gasteiger partial charge is 0.216 e. The van der Waals surface area contributed by atoms with Crippen LogP contribution in [0.15, 0.2) is 30.3 Å². The van der Waals surface area contributed by atoms with Crippen molar-refractivity contribution in [3.8, 4) is 0 Å². The second kappa shape index (κ2) is 6.48. The SMILES string of the molecule is CC(NS(=O)(=O)Cc1ccccc1)c1nc2c(s1)CCCC2. The maximum absolute atomic E-state index is 12.3. The Morgan fingerprint density at radius 1 is 1.23 bits per heavy atom. The fraction of sp³-hybridized carbons (Fsp3) is 0.438. The summed E-state index contributed by atoms with van der Waals surface area (Å²) in [6.45, 7) is 1.87. The molecule has 1 unspecified atom stereocenters. The molecular weight excluding hydrogens is 316 g/mol. The predicted molar refractivity (Wildman–Crippen MR) is 89.4 cm³/mol. The lowest BCUT2D eigenvalue weighted by Crippen LogP contribution is -2.28. The summed E-state index contributed by atoms with van der Waals surface area (Å²) in [5, 5.41) is 0.878. The fourth-order valence-electron chi connectivity index (χ4n) is 2.71. The van der Waals surface area contributed by atoms with Gasteiger partial charge >= 0.3 is 0 Å². The van der Waals surface area contributed by atoms with E-state index in [0.717, 1.165) is 23.4 Å². The van der Waals surface area contributed by atoms with Gasteiger partial charge in [-0.25, -0.2) is 18.1 Å². The molecule has 1 aliphatic carbocycles. The van der Waals surface area contributed by atoms with E-state index < -0.39 is 10.0 Å². The van der Waals surface area contributed by atoms with E-state index in [2.05, 4.69) is 9.71 Å². The van der Waals surface area contributed by atoms with Crippen molar-refractivity contribution in [2.45, 2.75) is 44.4 Å². The van der Waals surface area contributed by atoms with Crippen molar-refractivity contribution < 1.29 is 8.42 Å². The molecule has 1 aromatic carbocycles. The number of thiazole rings is 1. The molecule has 0 bridgehead atoms. The third kappa shape index (κ3) is 3.74. The molecule has 0 amide bonds. The predicted octanol–water partition coefficient (Wildman–Crippen LogP) is 3.20. The second-order valence-electron chi connectivity index (χ2n) is 5.71. The van der Waals surface area contributed by atoms with E-state index in [9.17, 15) is 8.42 Å². The van der Waals surface area contributed by atoms with Gasteiger partial charge in [0.25, 0.3) is 0 Å². The number of nitrogens with one attached hydrogen (secondary N) is 1. The summed E-state index contributed by atoms with van der Waals surface area (Å²) >= 11 is 1.65. The van der Waals surface area contributed by atoms with Crippen molar-refractivity contribution in [2.24, 2.45) is 0 Å². The Morgan fingerprint density at radius 3 is 2.68 bits per heavy atom. The molecule has 4 nitrogen and oxygen atoms in total. The molecule has 0 fully saturated rings. The number of sulfonamides is 1. The molecule has 6 heteroatoms. The van der Waals surface area contributed by atoms with Crippen LogP contribution in [0.4, 0.5) is 0 Å². The van der Waals surface area contributed by atoms with Crippen LogP contribution < -0.4 is 4.72 Å². The summed E-state index contributed by atoms with van der Waals surface area (Å²) in [6.07, 6.45) is 4.50. The average Bonchev–Trinajstić information content (AvgIpc) is 2.91. The van der Waals surface area contributed by atoms with Gasteiger partial charge in [-0.3, -0.25) is 0 Å². The number of aryl methyl sites for hydroxylation is 2. The van der Waals surface area contributed by atoms with E-state index in [4.69, 9.17) is 0 Å². The third-order valence-corrected chi connectivity index (χ3v) is 6.55. The summed E-state index contributed by atoms with van der Waals surface area (Å²) < 4.78 is 27.3. The minimum Gasteiger partial charge on any atom is -0.244 e. The molecule has 0 saturated carbocycles. The van der Waals surface area contributed by atoms with Gasteiger partial charge in [0.1, 0.15) is 5.01 Å². The standard InChI is InChI=1S/C16H20N2O2S2/c1-12(16-17-14-9-5-6-10-15(14)21-16)18-22(19,20)11-13-7-3-2-4-8-13/h2-4,7-8,12,18H,5-6,9-11H2,1H3. The van der Waals surface area contributed by atoms with Gasteiger partial charge in [-0.2, -0.15) is 0 Å². The zero-order valence-electron chi connectivity index (χ0n) is 12.6. The van der Waals surface area contributed by atoms with Crippen molar-refractivity contribution in [1.82, 2.24) is 9.71 Å². The summed E-state index contributed by atoms with van der Waals surface area (Å²) in [6, 6.07) is 8.96. The molecule has 1 heterocycles. The molecule has 3 rings (SSSR count). The van der Waals surface area contributed by atoms with Crippen LogP contribution in [0.2, 0.25) is 0 Å². The van der Waals surface area contributed by atoms with Gasteiger partial charge in [0.2, 0.25) is 10.0 Å². The lowest BCUT2D eigenvalue weighted by atomic mass is 10.0. The summed E-state index contributed by atoms with van der Waals surface area (Å²) in [7, 11) is -3.37. The van der Waals surface area contributed by atoms with Gasteiger partial charge in [0.05, 0.1) is 17.5 Å². The van der Waals surface area contributed by atoms with E-state index in [1.165, 1.54) is 23.4 Å². The topological polar surface area (TPSA) is 59.1 Å². The quantitative estimate of drug-likeness (QED) is 0.912. The first-order valence-corrected chi connectivity index (χ1v) is 10.0. The Kier molecular flexibility index (Phi) is 4.61. The minimum absolute atomic E-state index is 0.00324. The lowest BCUT2D eigenvalue weighted by Gasteiger charge is -2.12. The van der Waals surface area contributed by atoms with Crippen molar-refractivity contribution in [2.75, 3.05) is 0 Å². The maximum atomic E-state index is 12.3. The van der Waals surface area contributed by atoms with Crippen LogP contribution in [0, 0.1) is 0 Å². The highest BCUT2D eigenvalue weighted by Gasteiger charge is 2.22. The highest BCUT2D eigenvalue weighted by molar-refractivity contribution is 7.88. The van der Waals surface area contributed by atoms with Crippen LogP contribution in [0.3, 0.4) is 0 Å². The maximum Gasteiger partial charge on any atom is 0.216 e. The first-order valence-electron chi connectivity index (χ1n) is 7.56. The minimum atomic E-state index is -3.37. The van der Waals surface area contributed by atoms with E-state index in [1.807, 2.05) is 37.3 Å². The molecular formula is C16H20N2O2S2. The summed E-state index contributed by atoms with van der Waals surface area (Å²) in [5.74, 6) is 0.00324. The lowest BCUT2D eigenvalue weighted by molar-refractivity contribution is 0.565. The average molecular weight is 336 g/mol. The van der Waals surface area contributed by atoms with E-state index in [1.54, 1.807) is 11.3 Å². The molecule has 0 aliphatic heterocycles. The number of rotatable bonds is 5. The van der Waals surface area contributed by atoms with E-state index in [0.29, 0.717) is 0 Å². The first-order chi connectivity index (χ1) is 10.5. The van der Waals surface area contributed by atoms with Gasteiger partial charge in [-0.05, 0) is 38.2 Å². The highest BCUT2D eigenvalue weighted by Crippen LogP contribution is 2.30. The Balaban J connectivity index is 1.70. The number of aromatic nitrogens is 1.